The summed E-state index contributed by atoms with van der Waals surface area (Å²) in [6, 6.07) is 4.83. The van der Waals surface area contributed by atoms with E-state index in [4.69, 9.17) is 0 Å². The van der Waals surface area contributed by atoms with Gasteiger partial charge in [-0.25, -0.2) is 14.4 Å². The number of nitrogens with one attached hydrogen (secondary N) is 1. The molecule has 0 saturated heterocycles. The molecule has 2 heterocycles. The lowest BCUT2D eigenvalue weighted by Gasteiger charge is -2.06. The van der Waals surface area contributed by atoms with Gasteiger partial charge in [0, 0.05) is 17.5 Å². The molecular formula is C14H9FN4O3S2. The van der Waals surface area contributed by atoms with Crippen LogP contribution in [-0.2, 0) is 4.79 Å². The van der Waals surface area contributed by atoms with E-state index in [1.165, 1.54) is 29.4 Å². The van der Waals surface area contributed by atoms with E-state index in [9.17, 15) is 19.3 Å². The molecule has 0 aliphatic heterocycles. The summed E-state index contributed by atoms with van der Waals surface area (Å²) < 4.78 is 13.7. The second-order valence-electron chi connectivity index (χ2n) is 4.58. The first-order valence-electron chi connectivity index (χ1n) is 6.59. The van der Waals surface area contributed by atoms with E-state index in [0.717, 1.165) is 28.4 Å². The first kappa shape index (κ1) is 16.3. The lowest BCUT2D eigenvalue weighted by Crippen LogP contribution is -2.15. The van der Waals surface area contributed by atoms with Crippen LogP contribution in [0.3, 0.4) is 0 Å². The Morgan fingerprint density at radius 2 is 2.21 bits per heavy atom. The van der Waals surface area contributed by atoms with E-state index in [1.807, 2.05) is 11.4 Å². The monoisotopic (exact) mass is 364 g/mol. The summed E-state index contributed by atoms with van der Waals surface area (Å²) in [6.45, 7) is 0. The third-order valence-corrected chi connectivity index (χ3v) is 4.83. The smallest absolute Gasteiger partial charge is 0.271 e. The van der Waals surface area contributed by atoms with Crippen molar-refractivity contribution in [1.82, 2.24) is 9.97 Å². The van der Waals surface area contributed by atoms with Crippen LogP contribution in [0.4, 0.5) is 15.8 Å². The Hall–Kier alpha value is -2.59. The quantitative estimate of drug-likeness (QED) is 0.322. The summed E-state index contributed by atoms with van der Waals surface area (Å²) in [4.78, 5) is 31.1. The lowest BCUT2D eigenvalue weighted by molar-refractivity contribution is -0.384. The van der Waals surface area contributed by atoms with E-state index in [2.05, 4.69) is 15.3 Å². The molecule has 0 fully saturated rings. The second kappa shape index (κ2) is 6.89. The second-order valence-corrected chi connectivity index (χ2v) is 6.43. The van der Waals surface area contributed by atoms with E-state index < -0.39 is 16.6 Å². The van der Waals surface area contributed by atoms with E-state index in [-0.39, 0.29) is 17.1 Å². The van der Waals surface area contributed by atoms with Crippen molar-refractivity contribution in [2.75, 3.05) is 11.1 Å². The van der Waals surface area contributed by atoms with Crippen molar-refractivity contribution in [2.24, 2.45) is 0 Å². The fraction of sp³-hybridized carbons (Fsp3) is 0.0714. The Morgan fingerprint density at radius 1 is 1.38 bits per heavy atom. The van der Waals surface area contributed by atoms with Crippen LogP contribution < -0.4 is 5.32 Å². The van der Waals surface area contributed by atoms with Gasteiger partial charge in [0.15, 0.2) is 0 Å². The SMILES string of the molecule is O=C(CSc1ncnc2sccc12)Nc1cc([N+](=O)[O-])ccc1F. The number of nitro groups is 1. The standard InChI is InChI=1S/C14H9FN4O3S2/c15-10-2-1-8(19(21)22)5-11(10)18-12(20)6-24-14-9-3-4-23-13(9)16-7-17-14/h1-5,7H,6H2,(H,18,20). The number of hydrogen-bond donors (Lipinski definition) is 1. The fourth-order valence-electron chi connectivity index (χ4n) is 1.93. The highest BCUT2D eigenvalue weighted by atomic mass is 32.2. The Labute approximate surface area is 143 Å². The first-order valence-corrected chi connectivity index (χ1v) is 8.46. The zero-order chi connectivity index (χ0) is 17.1. The molecule has 122 valence electrons. The minimum atomic E-state index is -0.735. The number of thioether (sulfide) groups is 1. The highest BCUT2D eigenvalue weighted by Gasteiger charge is 2.14. The van der Waals surface area contributed by atoms with E-state index >= 15 is 0 Å². The number of halogens is 1. The molecule has 0 saturated carbocycles. The summed E-state index contributed by atoms with van der Waals surface area (Å²) >= 11 is 2.65. The van der Waals surface area contributed by atoms with Crippen LogP contribution in [0.25, 0.3) is 10.2 Å². The number of carbonyl (C=O) groups is 1. The van der Waals surface area contributed by atoms with Gasteiger partial charge in [-0.15, -0.1) is 11.3 Å². The number of benzene rings is 1. The van der Waals surface area contributed by atoms with Gasteiger partial charge >= 0.3 is 0 Å². The summed E-state index contributed by atoms with van der Waals surface area (Å²) in [5, 5.41) is 16.4. The number of anilines is 1. The maximum absolute atomic E-state index is 13.7. The predicted molar refractivity (Wildman–Crippen MR) is 89.8 cm³/mol. The molecule has 0 aliphatic carbocycles. The largest absolute Gasteiger partial charge is 0.323 e. The molecule has 0 aliphatic rings. The first-order chi connectivity index (χ1) is 11.5. The molecule has 7 nitrogen and oxygen atoms in total. The van der Waals surface area contributed by atoms with Crippen LogP contribution in [0.1, 0.15) is 0 Å². The van der Waals surface area contributed by atoms with Crippen LogP contribution in [0.2, 0.25) is 0 Å². The predicted octanol–water partition coefficient (Wildman–Crippen LogP) is 3.47. The fourth-order valence-corrected chi connectivity index (χ4v) is 3.50. The molecule has 0 unspecified atom stereocenters. The number of amides is 1. The number of rotatable bonds is 5. The Balaban J connectivity index is 1.69. The van der Waals surface area contributed by atoms with Gasteiger partial charge in [0.2, 0.25) is 5.91 Å². The molecule has 0 bridgehead atoms. The zero-order valence-corrected chi connectivity index (χ0v) is 13.6. The maximum Gasteiger partial charge on any atom is 0.271 e. The number of nitrogens with zero attached hydrogens (tertiary/aromatic N) is 3. The van der Waals surface area contributed by atoms with E-state index in [0.29, 0.717) is 5.03 Å². The molecule has 3 aromatic rings. The molecule has 0 spiro atoms. The van der Waals surface area contributed by atoms with Gasteiger partial charge in [-0.05, 0) is 17.5 Å². The number of carbonyl (C=O) groups excluding carboxylic acids is 1. The average Bonchev–Trinajstić information content (AvgIpc) is 3.04. The lowest BCUT2D eigenvalue weighted by atomic mass is 10.2. The molecule has 10 heteroatoms. The molecule has 1 amide bonds. The van der Waals surface area contributed by atoms with Crippen LogP contribution in [0.15, 0.2) is 41.0 Å². The van der Waals surface area contributed by atoms with Gasteiger partial charge in [-0.3, -0.25) is 14.9 Å². The number of thiophene rings is 1. The summed E-state index contributed by atoms with van der Waals surface area (Å²) in [6.07, 6.45) is 1.42. The molecule has 0 atom stereocenters. The highest BCUT2D eigenvalue weighted by molar-refractivity contribution is 8.00. The molecule has 1 aromatic carbocycles. The van der Waals surface area contributed by atoms with Crippen molar-refractivity contribution in [3.63, 3.8) is 0 Å². The van der Waals surface area contributed by atoms with Gasteiger partial charge in [0.25, 0.3) is 5.69 Å². The highest BCUT2D eigenvalue weighted by Crippen LogP contribution is 2.28. The average molecular weight is 364 g/mol. The number of nitro benzene ring substituents is 1. The molecule has 3 rings (SSSR count). The van der Waals surface area contributed by atoms with Gasteiger partial charge in [-0.1, -0.05) is 11.8 Å². The maximum atomic E-state index is 13.7. The van der Waals surface area contributed by atoms with Crippen molar-refractivity contribution in [2.45, 2.75) is 5.03 Å². The van der Waals surface area contributed by atoms with Crippen molar-refractivity contribution in [3.8, 4) is 0 Å². The van der Waals surface area contributed by atoms with Crippen molar-refractivity contribution in [3.05, 3.63) is 51.9 Å². The van der Waals surface area contributed by atoms with Crippen molar-refractivity contribution in [1.29, 1.82) is 0 Å². The van der Waals surface area contributed by atoms with Crippen LogP contribution in [-0.4, -0.2) is 26.6 Å². The zero-order valence-electron chi connectivity index (χ0n) is 11.9. The molecule has 0 radical (unpaired) electrons. The summed E-state index contributed by atoms with van der Waals surface area (Å²) in [5.74, 6) is -1.23. The van der Waals surface area contributed by atoms with Crippen molar-refractivity contribution < 1.29 is 14.1 Å². The Bertz CT molecular complexity index is 931. The van der Waals surface area contributed by atoms with Gasteiger partial charge < -0.3 is 5.32 Å². The Kier molecular flexibility index (Phi) is 4.67. The van der Waals surface area contributed by atoms with Crippen molar-refractivity contribution >= 4 is 50.6 Å². The minimum Gasteiger partial charge on any atom is -0.323 e. The molecule has 24 heavy (non-hydrogen) atoms. The number of non-ortho nitro benzene ring substituents is 1. The summed E-state index contributed by atoms with van der Waals surface area (Å²) in [5.41, 5.74) is -0.520. The topological polar surface area (TPSA) is 98.0 Å². The molecule has 2 aromatic heterocycles. The number of aromatic nitrogens is 2. The summed E-state index contributed by atoms with van der Waals surface area (Å²) in [7, 11) is 0. The Morgan fingerprint density at radius 3 is 3.00 bits per heavy atom. The normalized spacial score (nSPS) is 10.7. The molecule has 1 N–H and O–H groups in total. The van der Waals surface area contributed by atoms with Crippen LogP contribution >= 0.6 is 23.1 Å². The van der Waals surface area contributed by atoms with Crippen LogP contribution in [0.5, 0.6) is 0 Å². The van der Waals surface area contributed by atoms with E-state index in [1.54, 1.807) is 0 Å². The van der Waals surface area contributed by atoms with Gasteiger partial charge in [0.1, 0.15) is 22.0 Å². The number of hydrogen-bond acceptors (Lipinski definition) is 7. The third kappa shape index (κ3) is 3.49. The van der Waals surface area contributed by atoms with Crippen LogP contribution in [0, 0.1) is 15.9 Å². The van der Waals surface area contributed by atoms with Gasteiger partial charge in [0.05, 0.1) is 16.4 Å². The number of fused-ring (bicyclic) bond motifs is 1. The van der Waals surface area contributed by atoms with Gasteiger partial charge in [-0.2, -0.15) is 0 Å². The molecular weight excluding hydrogens is 355 g/mol. The minimum absolute atomic E-state index is 0.00983. The third-order valence-electron chi connectivity index (χ3n) is 3.00.